The van der Waals surface area contributed by atoms with Gasteiger partial charge in [0.05, 0.1) is 0 Å². The van der Waals surface area contributed by atoms with Crippen LogP contribution in [0.25, 0.3) is 0 Å². The number of carbonyl (C=O) groups excluding carboxylic acids is 1. The first-order valence-corrected chi connectivity index (χ1v) is 8.39. The summed E-state index contributed by atoms with van der Waals surface area (Å²) in [6.45, 7) is 2.34. The molecule has 0 heterocycles. The van der Waals surface area contributed by atoms with Crippen LogP contribution in [0.4, 0.5) is 4.79 Å². The van der Waals surface area contributed by atoms with Crippen molar-refractivity contribution in [3.63, 3.8) is 0 Å². The lowest BCUT2D eigenvalue weighted by atomic mass is 10.1. The van der Waals surface area contributed by atoms with Crippen molar-refractivity contribution < 1.29 is 14.6 Å². The highest BCUT2D eigenvalue weighted by Gasteiger charge is 2.16. The van der Waals surface area contributed by atoms with E-state index in [1.54, 1.807) is 12.1 Å². The quantitative estimate of drug-likeness (QED) is 0.810. The van der Waals surface area contributed by atoms with Crippen molar-refractivity contribution in [2.75, 3.05) is 20.6 Å². The molecule has 5 nitrogen and oxygen atoms in total. The van der Waals surface area contributed by atoms with Crippen LogP contribution in [0, 0.1) is 0 Å². The van der Waals surface area contributed by atoms with Crippen LogP contribution >= 0.6 is 0 Å². The Balaban J connectivity index is 1.85. The Morgan fingerprint density at radius 2 is 1.76 bits per heavy atom. The molecule has 2 rings (SSSR count). The number of aromatic hydroxyl groups is 1. The Kier molecular flexibility index (Phi) is 6.83. The minimum Gasteiger partial charge on any atom is -0.508 e. The zero-order valence-corrected chi connectivity index (χ0v) is 15.0. The predicted molar refractivity (Wildman–Crippen MR) is 98.6 cm³/mol. The minimum absolute atomic E-state index is 0.129. The number of nitrogens with one attached hydrogen (secondary N) is 1. The van der Waals surface area contributed by atoms with Crippen molar-refractivity contribution in [2.24, 2.45) is 0 Å². The Morgan fingerprint density at radius 1 is 1.12 bits per heavy atom. The van der Waals surface area contributed by atoms with Gasteiger partial charge in [-0.2, -0.15) is 0 Å². The standard InChI is InChI=1S/C20H26N2O3/c1-15(17-7-5-4-6-8-17)25-20(24)21-14-18(22(2)3)13-16-9-11-19(23)12-10-16/h4-12,15,18,23H,13-14H2,1-3H3,(H,21,24)/t15-,18+/m0/s1. The van der Waals surface area contributed by atoms with E-state index < -0.39 is 6.09 Å². The van der Waals surface area contributed by atoms with E-state index in [4.69, 9.17) is 4.74 Å². The summed E-state index contributed by atoms with van der Waals surface area (Å²) in [5.74, 6) is 0.252. The van der Waals surface area contributed by atoms with Gasteiger partial charge in [-0.15, -0.1) is 0 Å². The molecule has 134 valence electrons. The summed E-state index contributed by atoms with van der Waals surface area (Å²) in [6, 6.07) is 16.9. The van der Waals surface area contributed by atoms with Gasteiger partial charge in [0, 0.05) is 12.6 Å². The fourth-order valence-corrected chi connectivity index (χ4v) is 2.54. The summed E-state index contributed by atoms with van der Waals surface area (Å²) >= 11 is 0. The summed E-state index contributed by atoms with van der Waals surface area (Å²) in [6.07, 6.45) is 0.0481. The van der Waals surface area contributed by atoms with Crippen molar-refractivity contribution in [3.8, 4) is 5.75 Å². The Bertz CT molecular complexity index is 656. The van der Waals surface area contributed by atoms with E-state index in [1.165, 1.54) is 0 Å². The number of likely N-dealkylation sites (N-methyl/N-ethyl adjacent to an activating group) is 1. The lowest BCUT2D eigenvalue weighted by Crippen LogP contribution is -2.41. The second-order valence-electron chi connectivity index (χ2n) is 6.33. The van der Waals surface area contributed by atoms with Gasteiger partial charge in [-0.1, -0.05) is 42.5 Å². The summed E-state index contributed by atoms with van der Waals surface area (Å²) in [5.41, 5.74) is 2.07. The fraction of sp³-hybridized carbons (Fsp3) is 0.350. The Labute approximate surface area is 149 Å². The van der Waals surface area contributed by atoms with Crippen molar-refractivity contribution in [2.45, 2.75) is 25.5 Å². The largest absolute Gasteiger partial charge is 0.508 e. The van der Waals surface area contributed by atoms with Gasteiger partial charge in [0.25, 0.3) is 0 Å². The average molecular weight is 342 g/mol. The van der Waals surface area contributed by atoms with Crippen LogP contribution in [0.1, 0.15) is 24.2 Å². The maximum Gasteiger partial charge on any atom is 0.407 e. The van der Waals surface area contributed by atoms with Crippen LogP contribution in [0.2, 0.25) is 0 Å². The summed E-state index contributed by atoms with van der Waals surface area (Å²) in [7, 11) is 3.95. The molecular weight excluding hydrogens is 316 g/mol. The molecule has 0 bridgehead atoms. The van der Waals surface area contributed by atoms with Crippen LogP contribution in [-0.2, 0) is 11.2 Å². The molecule has 0 fully saturated rings. The van der Waals surface area contributed by atoms with Crippen LogP contribution in [0.15, 0.2) is 54.6 Å². The first-order valence-electron chi connectivity index (χ1n) is 8.39. The number of ether oxygens (including phenoxy) is 1. The number of phenolic OH excluding ortho intramolecular Hbond substituents is 1. The minimum atomic E-state index is -0.422. The first kappa shape index (κ1) is 18.8. The predicted octanol–water partition coefficient (Wildman–Crippen LogP) is 3.35. The number of phenols is 1. The average Bonchev–Trinajstić information content (AvgIpc) is 2.60. The number of rotatable bonds is 7. The lowest BCUT2D eigenvalue weighted by Gasteiger charge is -2.25. The molecule has 5 heteroatoms. The van der Waals surface area contributed by atoms with Gasteiger partial charge >= 0.3 is 6.09 Å². The van der Waals surface area contributed by atoms with Crippen LogP contribution in [0.3, 0.4) is 0 Å². The fourth-order valence-electron chi connectivity index (χ4n) is 2.54. The molecule has 0 spiro atoms. The van der Waals surface area contributed by atoms with Crippen LogP contribution in [-0.4, -0.2) is 42.8 Å². The normalized spacial score (nSPS) is 13.3. The zero-order valence-electron chi connectivity index (χ0n) is 15.0. The molecule has 0 aliphatic heterocycles. The van der Waals surface area contributed by atoms with Gasteiger partial charge < -0.3 is 20.1 Å². The molecule has 2 atom stereocenters. The first-order chi connectivity index (χ1) is 12.0. The molecule has 0 aromatic heterocycles. The highest BCUT2D eigenvalue weighted by Crippen LogP contribution is 2.16. The Hall–Kier alpha value is -2.53. The molecule has 2 N–H and O–H groups in total. The number of alkyl carbamates (subject to hydrolysis) is 1. The van der Waals surface area contributed by atoms with Gasteiger partial charge in [-0.25, -0.2) is 4.79 Å². The number of hydrogen-bond donors (Lipinski definition) is 2. The number of benzene rings is 2. The molecule has 0 unspecified atom stereocenters. The third-order valence-electron chi connectivity index (χ3n) is 4.17. The topological polar surface area (TPSA) is 61.8 Å². The van der Waals surface area contributed by atoms with E-state index in [1.807, 2.05) is 63.5 Å². The van der Waals surface area contributed by atoms with Crippen molar-refractivity contribution >= 4 is 6.09 Å². The van der Waals surface area contributed by atoms with Gasteiger partial charge in [0.2, 0.25) is 0 Å². The van der Waals surface area contributed by atoms with E-state index in [-0.39, 0.29) is 17.9 Å². The number of hydrogen-bond acceptors (Lipinski definition) is 4. The van der Waals surface area contributed by atoms with E-state index in [0.717, 1.165) is 17.5 Å². The highest BCUT2D eigenvalue weighted by atomic mass is 16.6. The molecule has 1 amide bonds. The third kappa shape index (κ3) is 6.12. The van der Waals surface area contributed by atoms with E-state index in [9.17, 15) is 9.90 Å². The monoisotopic (exact) mass is 342 g/mol. The second kappa shape index (κ2) is 9.08. The van der Waals surface area contributed by atoms with Crippen molar-refractivity contribution in [3.05, 3.63) is 65.7 Å². The molecule has 0 radical (unpaired) electrons. The van der Waals surface area contributed by atoms with Gasteiger partial charge in [0.15, 0.2) is 0 Å². The van der Waals surface area contributed by atoms with Crippen LogP contribution in [0.5, 0.6) is 5.75 Å². The molecule has 0 aliphatic rings. The molecule has 25 heavy (non-hydrogen) atoms. The molecule has 0 saturated heterocycles. The smallest absolute Gasteiger partial charge is 0.407 e. The summed E-state index contributed by atoms with van der Waals surface area (Å²) < 4.78 is 5.43. The highest BCUT2D eigenvalue weighted by molar-refractivity contribution is 5.67. The maximum absolute atomic E-state index is 12.1. The van der Waals surface area contributed by atoms with E-state index >= 15 is 0 Å². The van der Waals surface area contributed by atoms with E-state index in [0.29, 0.717) is 6.54 Å². The van der Waals surface area contributed by atoms with Gasteiger partial charge in [-0.3, -0.25) is 0 Å². The molecule has 2 aromatic carbocycles. The molecule has 2 aromatic rings. The second-order valence-corrected chi connectivity index (χ2v) is 6.33. The third-order valence-corrected chi connectivity index (χ3v) is 4.17. The Morgan fingerprint density at radius 3 is 2.36 bits per heavy atom. The van der Waals surface area contributed by atoms with Gasteiger partial charge in [-0.05, 0) is 50.7 Å². The molecule has 0 saturated carbocycles. The van der Waals surface area contributed by atoms with Crippen molar-refractivity contribution in [1.82, 2.24) is 10.2 Å². The van der Waals surface area contributed by atoms with Gasteiger partial charge in [0.1, 0.15) is 11.9 Å². The van der Waals surface area contributed by atoms with Crippen molar-refractivity contribution in [1.29, 1.82) is 0 Å². The zero-order chi connectivity index (χ0) is 18.2. The molecule has 0 aliphatic carbocycles. The number of nitrogens with zero attached hydrogens (tertiary/aromatic N) is 1. The molecular formula is C20H26N2O3. The van der Waals surface area contributed by atoms with E-state index in [2.05, 4.69) is 10.2 Å². The summed E-state index contributed by atoms with van der Waals surface area (Å²) in [4.78, 5) is 14.1. The number of amides is 1. The number of carbonyl (C=O) groups is 1. The van der Waals surface area contributed by atoms with Crippen LogP contribution < -0.4 is 5.32 Å². The summed E-state index contributed by atoms with van der Waals surface area (Å²) in [5, 5.41) is 12.2. The maximum atomic E-state index is 12.1. The SMILES string of the molecule is C[C@H](OC(=O)NC[C@@H](Cc1ccc(O)cc1)N(C)C)c1ccccc1. The lowest BCUT2D eigenvalue weighted by molar-refractivity contribution is 0.104.